The van der Waals surface area contributed by atoms with E-state index in [4.69, 9.17) is 0 Å². The van der Waals surface area contributed by atoms with Crippen molar-refractivity contribution in [3.8, 4) is 0 Å². The molecule has 0 amide bonds. The molecule has 0 radical (unpaired) electrons. The summed E-state index contributed by atoms with van der Waals surface area (Å²) in [4.78, 5) is -0.561. The molecule has 0 aliphatic rings. The summed E-state index contributed by atoms with van der Waals surface area (Å²) >= 11 is 0. The minimum Gasteiger partial charge on any atom is -0.354 e. The van der Waals surface area contributed by atoms with Crippen LogP contribution in [0.5, 0.6) is 0 Å². The maximum absolute atomic E-state index is 13.7. The molecule has 0 spiro atoms. The fourth-order valence-corrected chi connectivity index (χ4v) is 4.14. The zero-order chi connectivity index (χ0) is 23.5. The molecule has 0 fully saturated rings. The number of unbranched alkanes of at least 4 members (excludes halogenated alkanes) is 1. The van der Waals surface area contributed by atoms with Crippen molar-refractivity contribution in [2.45, 2.75) is 42.6 Å². The van der Waals surface area contributed by atoms with Gasteiger partial charge in [0, 0.05) is 12.2 Å². The molecule has 0 heterocycles. The van der Waals surface area contributed by atoms with Gasteiger partial charge in [-0.05, 0) is 24.1 Å². The van der Waals surface area contributed by atoms with Gasteiger partial charge >= 0.3 is 12.4 Å². The van der Waals surface area contributed by atoms with Crippen LogP contribution in [0.1, 0.15) is 30.9 Å². The van der Waals surface area contributed by atoms with E-state index in [-0.39, 0.29) is 16.9 Å². The third-order valence-electron chi connectivity index (χ3n) is 4.61. The van der Waals surface area contributed by atoms with Crippen molar-refractivity contribution in [2.75, 3.05) is 6.61 Å². The lowest BCUT2D eigenvalue weighted by molar-refractivity contribution is -0.389. The quantitative estimate of drug-likeness (QED) is 0.340. The van der Waals surface area contributed by atoms with Crippen LogP contribution in [0.25, 0.3) is 4.91 Å². The number of ether oxygens (including phenoxy) is 1. The lowest BCUT2D eigenvalue weighted by Gasteiger charge is -2.37. The van der Waals surface area contributed by atoms with E-state index in [1.165, 1.54) is 24.3 Å². The van der Waals surface area contributed by atoms with E-state index in [1.54, 1.807) is 13.0 Å². The van der Waals surface area contributed by atoms with E-state index in [0.717, 1.165) is 12.1 Å². The van der Waals surface area contributed by atoms with Crippen molar-refractivity contribution >= 4 is 14.7 Å². The number of halogens is 6. The van der Waals surface area contributed by atoms with Gasteiger partial charge in [0.05, 0.1) is 9.80 Å². The lowest BCUT2D eigenvalue weighted by Crippen LogP contribution is -2.56. The number of hydrogen-bond acceptors (Lipinski definition) is 3. The van der Waals surface area contributed by atoms with Gasteiger partial charge < -0.3 is 4.74 Å². The van der Waals surface area contributed by atoms with Crippen LogP contribution in [0.2, 0.25) is 0 Å². The van der Waals surface area contributed by atoms with Crippen LogP contribution in [0.15, 0.2) is 66.1 Å². The van der Waals surface area contributed by atoms with Gasteiger partial charge in [0.25, 0.3) is 5.60 Å². The summed E-state index contributed by atoms with van der Waals surface area (Å²) in [7, 11) is -4.08. The van der Waals surface area contributed by atoms with Crippen LogP contribution in [0.4, 0.5) is 26.3 Å². The first kappa shape index (κ1) is 24.9. The number of rotatable bonds is 8. The zero-order valence-corrected chi connectivity index (χ0v) is 17.2. The van der Waals surface area contributed by atoms with Crippen molar-refractivity contribution in [2.24, 2.45) is 0 Å². The minimum absolute atomic E-state index is 0.00187. The number of alkyl halides is 6. The zero-order valence-electron chi connectivity index (χ0n) is 16.4. The molecule has 0 bridgehead atoms. The summed E-state index contributed by atoms with van der Waals surface area (Å²) in [5.41, 5.74) is -5.87. The molecule has 0 unspecified atom stereocenters. The van der Waals surface area contributed by atoms with Gasteiger partial charge in [-0.25, -0.2) is 8.42 Å². The molecule has 0 N–H and O–H groups in total. The second-order valence-corrected chi connectivity index (χ2v) is 8.67. The van der Waals surface area contributed by atoms with Crippen LogP contribution in [-0.2, 0) is 20.2 Å². The van der Waals surface area contributed by atoms with E-state index >= 15 is 0 Å². The number of hydrogen-bond donors (Lipinski definition) is 0. The Kier molecular flexibility index (Phi) is 7.27. The standard InChI is InChI=1S/C21H20F6O3S/c1-3-4-14-30-19(20(22,23)24,21(25,26)27)17-12-10-16(11-13-17)15(2)31(28,29)18-8-6-5-7-9-18/h5-13H,2-4,14H2,1H3. The predicted molar refractivity (Wildman–Crippen MR) is 104 cm³/mol. The average molecular weight is 466 g/mol. The van der Waals surface area contributed by atoms with Gasteiger partial charge in [-0.3, -0.25) is 0 Å². The maximum Gasteiger partial charge on any atom is 0.430 e. The highest BCUT2D eigenvalue weighted by molar-refractivity contribution is 8.00. The molecule has 170 valence electrons. The first-order valence-corrected chi connectivity index (χ1v) is 10.6. The summed E-state index contributed by atoms with van der Waals surface area (Å²) in [6, 6.07) is 9.96. The minimum atomic E-state index is -5.80. The van der Waals surface area contributed by atoms with E-state index in [0.29, 0.717) is 18.6 Å². The summed E-state index contributed by atoms with van der Waals surface area (Å²) in [5.74, 6) is 0. The largest absolute Gasteiger partial charge is 0.430 e. The Morgan fingerprint density at radius 3 is 1.87 bits per heavy atom. The molecule has 2 aromatic carbocycles. The number of benzene rings is 2. The molecule has 31 heavy (non-hydrogen) atoms. The third kappa shape index (κ3) is 4.79. The van der Waals surface area contributed by atoms with Crippen LogP contribution >= 0.6 is 0 Å². The third-order valence-corrected chi connectivity index (χ3v) is 6.38. The molecule has 2 aromatic rings. The van der Waals surface area contributed by atoms with E-state index in [1.807, 2.05) is 0 Å². The molecule has 0 aliphatic carbocycles. The van der Waals surface area contributed by atoms with E-state index in [2.05, 4.69) is 11.3 Å². The first-order valence-electron chi connectivity index (χ1n) is 9.16. The van der Waals surface area contributed by atoms with Gasteiger partial charge in [0.15, 0.2) is 0 Å². The predicted octanol–water partition coefficient (Wildman–Crippen LogP) is 6.27. The SMILES string of the molecule is C=C(c1ccc(C(OCCCC)(C(F)(F)F)C(F)(F)F)cc1)S(=O)(=O)c1ccccc1. The van der Waals surface area contributed by atoms with Crippen molar-refractivity contribution in [1.29, 1.82) is 0 Å². The summed E-state index contributed by atoms with van der Waals surface area (Å²) in [6.07, 6.45) is -11.3. The van der Waals surface area contributed by atoms with Crippen molar-refractivity contribution in [3.05, 3.63) is 72.3 Å². The maximum atomic E-state index is 13.7. The highest BCUT2D eigenvalue weighted by Gasteiger charge is 2.73. The van der Waals surface area contributed by atoms with Gasteiger partial charge in [0.1, 0.15) is 0 Å². The molecular weight excluding hydrogens is 446 g/mol. The topological polar surface area (TPSA) is 43.4 Å². The summed E-state index contributed by atoms with van der Waals surface area (Å²) < 4.78 is 112. The molecule has 3 nitrogen and oxygen atoms in total. The second kappa shape index (κ2) is 9.04. The second-order valence-electron chi connectivity index (χ2n) is 6.70. The van der Waals surface area contributed by atoms with Gasteiger partial charge in [-0.2, -0.15) is 26.3 Å². The lowest BCUT2D eigenvalue weighted by atomic mass is 9.91. The molecule has 0 aliphatic heterocycles. The summed E-state index contributed by atoms with van der Waals surface area (Å²) in [5, 5.41) is 0. The van der Waals surface area contributed by atoms with E-state index in [9.17, 15) is 34.8 Å². The molecule has 2 rings (SSSR count). The molecule has 10 heteroatoms. The molecule has 0 aromatic heterocycles. The van der Waals surface area contributed by atoms with Crippen molar-refractivity contribution in [3.63, 3.8) is 0 Å². The molecule has 0 saturated carbocycles. The Labute approximate surface area is 176 Å². The highest BCUT2D eigenvalue weighted by atomic mass is 32.2. The van der Waals surface area contributed by atoms with Crippen molar-refractivity contribution in [1.82, 2.24) is 0 Å². The Hall–Kier alpha value is -2.33. The van der Waals surface area contributed by atoms with Crippen LogP contribution in [0, 0.1) is 0 Å². The Morgan fingerprint density at radius 1 is 0.903 bits per heavy atom. The highest BCUT2D eigenvalue weighted by Crippen LogP contribution is 2.53. The van der Waals surface area contributed by atoms with Crippen LogP contribution < -0.4 is 0 Å². The molecular formula is C21H20F6O3S. The smallest absolute Gasteiger partial charge is 0.354 e. The van der Waals surface area contributed by atoms with Gasteiger partial charge in [-0.1, -0.05) is 62.4 Å². The Bertz CT molecular complexity index is 980. The Balaban J connectivity index is 2.51. The van der Waals surface area contributed by atoms with Gasteiger partial charge in [-0.15, -0.1) is 0 Å². The van der Waals surface area contributed by atoms with Crippen LogP contribution in [0.3, 0.4) is 0 Å². The molecule has 0 saturated heterocycles. The van der Waals surface area contributed by atoms with Crippen molar-refractivity contribution < 1.29 is 39.5 Å². The molecule has 0 atom stereocenters. The van der Waals surface area contributed by atoms with E-state index < -0.39 is 44.9 Å². The van der Waals surface area contributed by atoms with Gasteiger partial charge in [0.2, 0.25) is 9.84 Å². The number of sulfone groups is 1. The Morgan fingerprint density at radius 2 is 1.42 bits per heavy atom. The summed E-state index contributed by atoms with van der Waals surface area (Å²) in [6.45, 7) is 4.30. The van der Waals surface area contributed by atoms with Crippen LogP contribution in [-0.4, -0.2) is 27.4 Å². The normalized spacial score (nSPS) is 13.3. The fourth-order valence-electron chi connectivity index (χ4n) is 2.89. The average Bonchev–Trinajstić information content (AvgIpc) is 2.69. The monoisotopic (exact) mass is 466 g/mol. The first-order chi connectivity index (χ1) is 14.3. The fraction of sp³-hybridized carbons (Fsp3) is 0.333.